The average Bonchev–Trinajstić information content (AvgIpc) is 3.45. The van der Waals surface area contributed by atoms with Crippen LogP contribution >= 0.6 is 15.9 Å². The van der Waals surface area contributed by atoms with E-state index >= 15 is 0 Å². The lowest BCUT2D eigenvalue weighted by atomic mass is 10.1. The van der Waals surface area contributed by atoms with E-state index in [2.05, 4.69) is 159 Å². The van der Waals surface area contributed by atoms with E-state index in [-0.39, 0.29) is 0 Å². The van der Waals surface area contributed by atoms with Crippen LogP contribution < -0.4 is 15.1 Å². The minimum absolute atomic E-state index is 0.564. The Morgan fingerprint density at radius 1 is 0.405 bits per heavy atom. The highest BCUT2D eigenvalue weighted by molar-refractivity contribution is 9.08. The molecule has 4 aromatic rings. The molecule has 6 rings (SSSR count). The third-order valence-electron chi connectivity index (χ3n) is 11.8. The van der Waals surface area contributed by atoms with Gasteiger partial charge in [0.2, 0.25) is 0 Å². The summed E-state index contributed by atoms with van der Waals surface area (Å²) in [6, 6.07) is 36.4. The molecular weight excluding hydrogens is 1090 g/mol. The zero-order chi connectivity index (χ0) is 56.7. The second-order valence-electron chi connectivity index (χ2n) is 20.7. The first-order chi connectivity index (χ1) is 38.3. The van der Waals surface area contributed by atoms with Crippen LogP contribution in [0.5, 0.6) is 0 Å². The summed E-state index contributed by atoms with van der Waals surface area (Å²) in [6.45, 7) is 30.6. The van der Waals surface area contributed by atoms with Gasteiger partial charge in [0.25, 0.3) is 0 Å². The van der Waals surface area contributed by atoms with Crippen LogP contribution in [-0.4, -0.2) is 179 Å². The van der Waals surface area contributed by atoms with Crippen molar-refractivity contribution in [3.63, 3.8) is 0 Å². The molecule has 17 heteroatoms. The van der Waals surface area contributed by atoms with Crippen LogP contribution in [0.15, 0.2) is 97.1 Å². The van der Waals surface area contributed by atoms with Crippen molar-refractivity contribution in [2.75, 3.05) is 168 Å². The SMILES string of the molecule is C[Si](C)(C)C#Cc1ccc(N2CCOCCOCCN(Cc3ccc(C#N)cc3)CCOCCOCC2)cc1.C[Si](C)(C)C#Cc1ccc(N2CCOCCOCCNCCOCCOCC2)cc1.N#Cc1ccc(CBr)cc1. The molecule has 0 saturated carbocycles. The third kappa shape index (κ3) is 32.2. The first-order valence-corrected chi connectivity index (χ1v) is 35.8. The van der Waals surface area contributed by atoms with Gasteiger partial charge in [-0.2, -0.15) is 10.5 Å². The number of anilines is 2. The number of nitriles is 2. The Labute approximate surface area is 484 Å². The maximum Gasteiger partial charge on any atom is 0.129 e. The number of alkyl halides is 1. The zero-order valence-corrected chi connectivity index (χ0v) is 51.6. The summed E-state index contributed by atoms with van der Waals surface area (Å²) in [6.07, 6.45) is 0. The van der Waals surface area contributed by atoms with Crippen LogP contribution in [0.3, 0.4) is 0 Å². The Morgan fingerprint density at radius 3 is 1.03 bits per heavy atom. The van der Waals surface area contributed by atoms with Crippen LogP contribution in [-0.2, 0) is 49.8 Å². The van der Waals surface area contributed by atoms with E-state index in [1.807, 2.05) is 48.5 Å². The van der Waals surface area contributed by atoms with Crippen molar-refractivity contribution in [2.24, 2.45) is 0 Å². The van der Waals surface area contributed by atoms with Gasteiger partial charge >= 0.3 is 0 Å². The lowest BCUT2D eigenvalue weighted by Crippen LogP contribution is -2.33. The molecule has 14 nitrogen and oxygen atoms in total. The second kappa shape index (κ2) is 40.3. The number of nitrogens with zero attached hydrogens (tertiary/aromatic N) is 5. The molecule has 1 N–H and O–H groups in total. The summed E-state index contributed by atoms with van der Waals surface area (Å²) >= 11 is 3.32. The highest BCUT2D eigenvalue weighted by Gasteiger charge is 2.13. The van der Waals surface area contributed by atoms with Crippen LogP contribution in [0, 0.1) is 45.6 Å². The van der Waals surface area contributed by atoms with E-state index in [1.54, 1.807) is 0 Å². The van der Waals surface area contributed by atoms with E-state index < -0.39 is 16.1 Å². The minimum Gasteiger partial charge on any atom is -0.378 e. The Hall–Kier alpha value is -4.91. The molecule has 0 aliphatic carbocycles. The molecule has 4 aromatic carbocycles. The molecule has 2 fully saturated rings. The van der Waals surface area contributed by atoms with Crippen molar-refractivity contribution in [3.05, 3.63) is 130 Å². The molecule has 2 aliphatic rings. The van der Waals surface area contributed by atoms with Crippen molar-refractivity contribution in [2.45, 2.75) is 51.2 Å². The molecule has 0 radical (unpaired) electrons. The summed E-state index contributed by atoms with van der Waals surface area (Å²) in [7, 11) is -2.76. The first-order valence-electron chi connectivity index (χ1n) is 27.7. The van der Waals surface area contributed by atoms with Crippen LogP contribution in [0.25, 0.3) is 0 Å². The zero-order valence-electron chi connectivity index (χ0n) is 48.0. The molecule has 0 aromatic heterocycles. The Kier molecular flexibility index (Phi) is 34.0. The van der Waals surface area contributed by atoms with Gasteiger partial charge in [-0.05, 0) is 83.9 Å². The smallest absolute Gasteiger partial charge is 0.129 e. The van der Waals surface area contributed by atoms with E-state index in [4.69, 9.17) is 48.4 Å². The summed E-state index contributed by atoms with van der Waals surface area (Å²) in [5.41, 5.74) is 15.0. The van der Waals surface area contributed by atoms with Crippen molar-refractivity contribution in [1.82, 2.24) is 10.2 Å². The van der Waals surface area contributed by atoms with Crippen LogP contribution in [0.1, 0.15) is 33.4 Å². The van der Waals surface area contributed by atoms with Gasteiger partial charge < -0.3 is 53.0 Å². The van der Waals surface area contributed by atoms with Gasteiger partial charge in [-0.1, -0.05) is 91.3 Å². The van der Waals surface area contributed by atoms with Crippen LogP contribution in [0.4, 0.5) is 11.4 Å². The predicted molar refractivity (Wildman–Crippen MR) is 327 cm³/mol. The highest BCUT2D eigenvalue weighted by atomic mass is 79.9. The maximum absolute atomic E-state index is 9.03. The Balaban J connectivity index is 0.000000296. The third-order valence-corrected chi connectivity index (χ3v) is 14.2. The normalized spacial score (nSPS) is 17.2. The number of hydrogen-bond donors (Lipinski definition) is 1. The number of rotatable bonds is 5. The maximum atomic E-state index is 9.03. The summed E-state index contributed by atoms with van der Waals surface area (Å²) in [5.74, 6) is 6.64. The quantitative estimate of drug-likeness (QED) is 0.115. The molecule has 428 valence electrons. The van der Waals surface area contributed by atoms with Gasteiger partial charge in [0.15, 0.2) is 0 Å². The fourth-order valence-corrected chi connectivity index (χ4v) is 8.85. The van der Waals surface area contributed by atoms with Gasteiger partial charge in [0.05, 0.1) is 129 Å². The predicted octanol–water partition coefficient (Wildman–Crippen LogP) is 9.02. The van der Waals surface area contributed by atoms with Gasteiger partial charge in [-0.15, -0.1) is 11.1 Å². The first kappa shape index (κ1) is 66.6. The number of ether oxygens (including phenoxy) is 8. The molecular formula is C62H87BrN6O8Si2. The lowest BCUT2D eigenvalue weighted by Gasteiger charge is -2.25. The summed E-state index contributed by atoms with van der Waals surface area (Å²) in [4.78, 5) is 6.90. The number of hydrogen-bond acceptors (Lipinski definition) is 14. The Bertz CT molecular complexity index is 2420. The van der Waals surface area contributed by atoms with Crippen molar-refractivity contribution in [1.29, 1.82) is 10.5 Å². The fraction of sp³-hybridized carbons (Fsp3) is 0.516. The van der Waals surface area contributed by atoms with Gasteiger partial charge in [-0.25, -0.2) is 0 Å². The molecule has 0 spiro atoms. The molecule has 2 aliphatic heterocycles. The van der Waals surface area contributed by atoms with Crippen molar-refractivity contribution in [3.8, 4) is 35.1 Å². The summed E-state index contributed by atoms with van der Waals surface area (Å²) in [5, 5.41) is 21.6. The molecule has 0 unspecified atom stereocenters. The lowest BCUT2D eigenvalue weighted by molar-refractivity contribution is 0.0211. The highest BCUT2D eigenvalue weighted by Crippen LogP contribution is 2.17. The van der Waals surface area contributed by atoms with Gasteiger partial charge in [0.1, 0.15) is 16.1 Å². The van der Waals surface area contributed by atoms with E-state index in [0.717, 1.165) is 86.7 Å². The fourth-order valence-electron chi connectivity index (χ4n) is 7.44. The topological polar surface area (TPSA) is 143 Å². The van der Waals surface area contributed by atoms with E-state index in [1.165, 1.54) is 11.1 Å². The standard InChI is InChI=1S/C31H43N3O4Si.C23H38N2O4Si.C8H6BrN/c1-39(2,3)25-12-28-8-10-31(11-9-28)34-15-19-37-23-21-35-17-13-33(14-18-36-22-24-38-20-16-34)27-30-6-4-29(26-32)5-7-30;1-30(2,3)21-8-22-4-6-23(7-5-22)25-11-15-28-19-17-26-13-9-24-10-14-27-18-20-29-16-12-25;9-5-7-1-3-8(6-10)4-2-7/h4-11H,13-24,27H2,1-3H3;4-7,24H,9-20H2,1-3H3;1-4H,5H2. The second-order valence-corrected chi connectivity index (χ2v) is 30.8. The molecule has 2 heterocycles. The number of halogens is 1. The summed E-state index contributed by atoms with van der Waals surface area (Å²) < 4.78 is 46.2. The molecule has 0 atom stereocenters. The number of benzene rings is 4. The van der Waals surface area contributed by atoms with Crippen molar-refractivity contribution >= 4 is 43.5 Å². The molecule has 0 bridgehead atoms. The molecule has 0 amide bonds. The van der Waals surface area contributed by atoms with E-state index in [0.29, 0.717) is 117 Å². The van der Waals surface area contributed by atoms with Gasteiger partial charge in [-0.3, -0.25) is 4.90 Å². The van der Waals surface area contributed by atoms with Crippen LogP contribution in [0.2, 0.25) is 39.3 Å². The largest absolute Gasteiger partial charge is 0.378 e. The van der Waals surface area contributed by atoms with Crippen molar-refractivity contribution < 1.29 is 37.9 Å². The number of nitrogens with one attached hydrogen (secondary N) is 1. The minimum atomic E-state index is -1.40. The monoisotopic (exact) mass is 1180 g/mol. The molecule has 2 saturated heterocycles. The average molecular weight is 1180 g/mol. The van der Waals surface area contributed by atoms with E-state index in [9.17, 15) is 0 Å². The Morgan fingerprint density at radius 2 is 0.709 bits per heavy atom. The molecule has 79 heavy (non-hydrogen) atoms. The van der Waals surface area contributed by atoms with Gasteiger partial charge in [0, 0.05) is 86.7 Å².